The largest absolute Gasteiger partial charge is 0.496 e. The molecule has 4 rings (SSSR count). The molecule has 0 saturated carbocycles. The highest BCUT2D eigenvalue weighted by molar-refractivity contribution is 7.07. The molecule has 0 saturated heterocycles. The molecule has 0 amide bonds. The van der Waals surface area contributed by atoms with Gasteiger partial charge in [-0.3, -0.25) is 9.36 Å². The van der Waals surface area contributed by atoms with Crippen molar-refractivity contribution in [3.8, 4) is 17.2 Å². The van der Waals surface area contributed by atoms with Gasteiger partial charge in [-0.1, -0.05) is 29.5 Å². The van der Waals surface area contributed by atoms with E-state index in [2.05, 4.69) is 4.99 Å². The molecule has 3 aromatic rings. The van der Waals surface area contributed by atoms with Crippen LogP contribution in [-0.4, -0.2) is 38.0 Å². The number of ether oxygens (including phenoxy) is 4. The number of allylic oxidation sites excluding steroid dienone is 1. The molecule has 194 valence electrons. The lowest BCUT2D eigenvalue weighted by molar-refractivity contribution is -0.139. The number of aryl methyl sites for hydroxylation is 1. The fraction of sp³-hybridized carbons (Fsp3) is 0.321. The Morgan fingerprint density at radius 2 is 1.78 bits per heavy atom. The maximum Gasteiger partial charge on any atom is 0.338 e. The van der Waals surface area contributed by atoms with Crippen LogP contribution in [0.1, 0.15) is 43.5 Å². The summed E-state index contributed by atoms with van der Waals surface area (Å²) in [6, 6.07) is 10.5. The summed E-state index contributed by atoms with van der Waals surface area (Å²) >= 11 is 1.27. The van der Waals surface area contributed by atoms with E-state index in [9.17, 15) is 9.59 Å². The van der Waals surface area contributed by atoms with E-state index in [1.807, 2.05) is 50.2 Å². The monoisotopic (exact) mass is 522 g/mol. The molecule has 1 aliphatic rings. The van der Waals surface area contributed by atoms with Crippen molar-refractivity contribution < 1.29 is 23.7 Å². The molecule has 0 aliphatic carbocycles. The second-order valence-electron chi connectivity index (χ2n) is 8.37. The van der Waals surface area contributed by atoms with Gasteiger partial charge in [-0.15, -0.1) is 0 Å². The molecule has 0 bridgehead atoms. The lowest BCUT2D eigenvalue weighted by atomic mass is 9.95. The summed E-state index contributed by atoms with van der Waals surface area (Å²) in [5.41, 5.74) is 3.04. The summed E-state index contributed by atoms with van der Waals surface area (Å²) in [6.07, 6.45) is 1.79. The van der Waals surface area contributed by atoms with Gasteiger partial charge in [-0.2, -0.15) is 0 Å². The van der Waals surface area contributed by atoms with Crippen molar-refractivity contribution in [3.05, 3.63) is 84.0 Å². The average Bonchev–Trinajstić information content (AvgIpc) is 3.18. The zero-order valence-corrected chi connectivity index (χ0v) is 22.6. The molecule has 9 heteroatoms. The van der Waals surface area contributed by atoms with Crippen molar-refractivity contribution >= 4 is 23.4 Å². The Hall–Kier alpha value is -3.85. The fourth-order valence-corrected chi connectivity index (χ4v) is 5.36. The average molecular weight is 523 g/mol. The summed E-state index contributed by atoms with van der Waals surface area (Å²) in [7, 11) is 3.17. The maximum atomic E-state index is 13.8. The second kappa shape index (κ2) is 11.0. The van der Waals surface area contributed by atoms with Crippen LogP contribution in [0.25, 0.3) is 6.08 Å². The molecule has 0 fully saturated rings. The van der Waals surface area contributed by atoms with E-state index in [4.69, 9.17) is 18.9 Å². The van der Waals surface area contributed by atoms with Crippen LogP contribution in [0.3, 0.4) is 0 Å². The first-order chi connectivity index (χ1) is 17.8. The molecular weight excluding hydrogens is 492 g/mol. The Bertz CT molecular complexity index is 1550. The predicted molar refractivity (Wildman–Crippen MR) is 142 cm³/mol. The quantitative estimate of drug-likeness (QED) is 0.421. The van der Waals surface area contributed by atoms with Crippen LogP contribution < -0.4 is 29.1 Å². The Morgan fingerprint density at radius 3 is 2.46 bits per heavy atom. The van der Waals surface area contributed by atoms with Crippen molar-refractivity contribution in [3.63, 3.8) is 0 Å². The van der Waals surface area contributed by atoms with E-state index in [0.717, 1.165) is 16.7 Å². The highest BCUT2D eigenvalue weighted by Gasteiger charge is 2.33. The predicted octanol–water partition coefficient (Wildman–Crippen LogP) is 3.52. The van der Waals surface area contributed by atoms with Crippen molar-refractivity contribution in [2.24, 2.45) is 4.99 Å². The van der Waals surface area contributed by atoms with Gasteiger partial charge in [0.1, 0.15) is 5.75 Å². The number of nitrogens with zero attached hydrogens (tertiary/aromatic N) is 2. The second-order valence-corrected chi connectivity index (χ2v) is 9.38. The number of benzene rings is 2. The standard InChI is InChI=1S/C28H30N2O6S/c1-7-35-20-12-10-18(13-22(20)34-6)14-23-26(31)30-25(19-11-9-16(3)21(15-19)33-5)24(27(32)36-8-2)17(4)29-28(30)37-23/h9-15,25H,7-8H2,1-6H3/t25-/m0/s1. The summed E-state index contributed by atoms with van der Waals surface area (Å²) in [4.78, 5) is 32.0. The van der Waals surface area contributed by atoms with E-state index in [1.54, 1.807) is 38.7 Å². The number of hydrogen-bond acceptors (Lipinski definition) is 8. The van der Waals surface area contributed by atoms with E-state index in [1.165, 1.54) is 11.3 Å². The van der Waals surface area contributed by atoms with Crippen molar-refractivity contribution in [2.75, 3.05) is 27.4 Å². The molecule has 2 aromatic carbocycles. The molecule has 1 atom stereocenters. The third kappa shape index (κ3) is 5.04. The van der Waals surface area contributed by atoms with Crippen LogP contribution in [0.15, 0.2) is 57.5 Å². The van der Waals surface area contributed by atoms with Gasteiger partial charge >= 0.3 is 5.97 Å². The topological polar surface area (TPSA) is 88.4 Å². The summed E-state index contributed by atoms with van der Waals surface area (Å²) < 4.78 is 24.0. The zero-order chi connectivity index (χ0) is 26.7. The van der Waals surface area contributed by atoms with Gasteiger partial charge in [-0.05, 0) is 68.7 Å². The van der Waals surface area contributed by atoms with Gasteiger partial charge in [0, 0.05) is 0 Å². The molecule has 0 N–H and O–H groups in total. The number of thiazole rings is 1. The van der Waals surface area contributed by atoms with Gasteiger partial charge in [-0.25, -0.2) is 9.79 Å². The number of hydrogen-bond donors (Lipinski definition) is 0. The van der Waals surface area contributed by atoms with Gasteiger partial charge < -0.3 is 18.9 Å². The van der Waals surface area contributed by atoms with Gasteiger partial charge in [0.15, 0.2) is 16.3 Å². The van der Waals surface area contributed by atoms with Crippen LogP contribution in [0.5, 0.6) is 17.2 Å². The minimum absolute atomic E-state index is 0.212. The highest BCUT2D eigenvalue weighted by Crippen LogP contribution is 2.33. The number of fused-ring (bicyclic) bond motifs is 1. The molecular formula is C28H30N2O6S. The van der Waals surface area contributed by atoms with E-state index >= 15 is 0 Å². The number of methoxy groups -OCH3 is 2. The molecule has 0 unspecified atom stereocenters. The lowest BCUT2D eigenvalue weighted by Crippen LogP contribution is -2.40. The molecule has 37 heavy (non-hydrogen) atoms. The van der Waals surface area contributed by atoms with Crippen molar-refractivity contribution in [2.45, 2.75) is 33.7 Å². The normalized spacial score (nSPS) is 15.2. The van der Waals surface area contributed by atoms with Gasteiger partial charge in [0.25, 0.3) is 5.56 Å². The SMILES string of the molecule is CCOC(=O)C1=C(C)N=c2sc(=Cc3ccc(OCC)c(OC)c3)c(=O)n2[C@H]1c1ccc(C)c(OC)c1. The molecule has 2 heterocycles. The molecule has 0 radical (unpaired) electrons. The van der Waals surface area contributed by atoms with Crippen molar-refractivity contribution in [1.82, 2.24) is 4.57 Å². The van der Waals surface area contributed by atoms with Crippen LogP contribution in [0.4, 0.5) is 0 Å². The first kappa shape index (κ1) is 26.2. The zero-order valence-electron chi connectivity index (χ0n) is 21.8. The molecule has 0 spiro atoms. The van der Waals surface area contributed by atoms with Crippen LogP contribution in [0.2, 0.25) is 0 Å². The number of esters is 1. The Balaban J connectivity index is 1.92. The summed E-state index contributed by atoms with van der Waals surface area (Å²) in [6.45, 7) is 8.08. The Morgan fingerprint density at radius 1 is 1.03 bits per heavy atom. The van der Waals surface area contributed by atoms with E-state index < -0.39 is 12.0 Å². The minimum atomic E-state index is -0.707. The number of carbonyl (C=O) groups excluding carboxylic acids is 1. The summed E-state index contributed by atoms with van der Waals surface area (Å²) in [5.74, 6) is 1.37. The molecule has 8 nitrogen and oxygen atoms in total. The smallest absolute Gasteiger partial charge is 0.338 e. The first-order valence-electron chi connectivity index (χ1n) is 12.0. The Kier molecular flexibility index (Phi) is 7.83. The van der Waals surface area contributed by atoms with Crippen LogP contribution in [0, 0.1) is 6.92 Å². The fourth-order valence-electron chi connectivity index (χ4n) is 4.31. The number of rotatable bonds is 8. The van der Waals surface area contributed by atoms with Gasteiger partial charge in [0.05, 0.1) is 49.3 Å². The third-order valence-electron chi connectivity index (χ3n) is 6.05. The van der Waals surface area contributed by atoms with Crippen LogP contribution >= 0.6 is 11.3 Å². The molecule has 1 aliphatic heterocycles. The number of aromatic nitrogens is 1. The lowest BCUT2D eigenvalue weighted by Gasteiger charge is -2.25. The maximum absolute atomic E-state index is 13.8. The Labute approximate surface area is 219 Å². The van der Waals surface area contributed by atoms with Crippen LogP contribution in [-0.2, 0) is 9.53 Å². The van der Waals surface area contributed by atoms with Crippen molar-refractivity contribution in [1.29, 1.82) is 0 Å². The highest BCUT2D eigenvalue weighted by atomic mass is 32.1. The van der Waals surface area contributed by atoms with E-state index in [-0.39, 0.29) is 12.2 Å². The third-order valence-corrected chi connectivity index (χ3v) is 7.03. The number of carbonyl (C=O) groups is 1. The van der Waals surface area contributed by atoms with Gasteiger partial charge in [0.2, 0.25) is 0 Å². The summed E-state index contributed by atoms with van der Waals surface area (Å²) in [5, 5.41) is 0. The molecule has 1 aromatic heterocycles. The first-order valence-corrected chi connectivity index (χ1v) is 12.8. The minimum Gasteiger partial charge on any atom is -0.496 e. The van der Waals surface area contributed by atoms with E-state index in [0.29, 0.717) is 44.5 Å².